The number of amidine groups is 1. The van der Waals surface area contributed by atoms with E-state index in [0.717, 1.165) is 30.9 Å². The number of amides is 1. The maximum atomic E-state index is 13.0. The Morgan fingerprint density at radius 1 is 1.15 bits per heavy atom. The van der Waals surface area contributed by atoms with Crippen molar-refractivity contribution in [1.29, 1.82) is 0 Å². The number of nitrogens with zero attached hydrogens (tertiary/aromatic N) is 1. The number of nitrogens with one attached hydrogen (secondary N) is 2. The van der Waals surface area contributed by atoms with Crippen LogP contribution in [0.3, 0.4) is 0 Å². The highest BCUT2D eigenvalue weighted by molar-refractivity contribution is 6.30. The third-order valence-electron chi connectivity index (χ3n) is 7.56. The van der Waals surface area contributed by atoms with E-state index in [4.69, 9.17) is 16.6 Å². The summed E-state index contributed by atoms with van der Waals surface area (Å²) in [6.07, 6.45) is 1.84. The molecule has 2 aromatic carbocycles. The summed E-state index contributed by atoms with van der Waals surface area (Å²) in [5, 5.41) is 7.37. The Morgan fingerprint density at radius 2 is 1.82 bits per heavy atom. The average molecular weight is 482 g/mol. The predicted molar refractivity (Wildman–Crippen MR) is 144 cm³/mol. The molecular weight excluding hydrogens is 442 g/mol. The smallest absolute Gasteiger partial charge is 0.256 e. The van der Waals surface area contributed by atoms with Gasteiger partial charge in [-0.15, -0.1) is 0 Å². The van der Waals surface area contributed by atoms with Crippen LogP contribution in [0.5, 0.6) is 0 Å². The van der Waals surface area contributed by atoms with Crippen molar-refractivity contribution >= 4 is 29.0 Å². The second kappa shape index (κ2) is 11.0. The molecule has 34 heavy (non-hydrogen) atoms. The molecule has 1 aliphatic heterocycles. The topological polar surface area (TPSA) is 53.5 Å². The maximum absolute atomic E-state index is 13.0. The molecule has 0 fully saturated rings. The highest BCUT2D eigenvalue weighted by Gasteiger charge is 2.30. The SMILES string of the molecule is CCC(C)C1CC(NC(=O)c2ccc(Cl)cc2)=Nc2cc(CNC(C)C(C)(C)C)ccc2C1C. The van der Waals surface area contributed by atoms with Gasteiger partial charge in [-0.1, -0.05) is 71.7 Å². The molecule has 184 valence electrons. The fraction of sp³-hybridized carbons (Fsp3) is 0.517. The number of carbonyl (C=O) groups is 1. The molecule has 4 unspecified atom stereocenters. The highest BCUT2D eigenvalue weighted by Crippen LogP contribution is 2.41. The number of fused-ring (bicyclic) bond motifs is 1. The van der Waals surface area contributed by atoms with Gasteiger partial charge in [0.25, 0.3) is 5.91 Å². The fourth-order valence-corrected chi connectivity index (χ4v) is 4.59. The van der Waals surface area contributed by atoms with Crippen molar-refractivity contribution in [2.24, 2.45) is 22.2 Å². The highest BCUT2D eigenvalue weighted by atomic mass is 35.5. The molecule has 0 radical (unpaired) electrons. The molecule has 1 heterocycles. The molecule has 0 saturated heterocycles. The maximum Gasteiger partial charge on any atom is 0.256 e. The molecule has 0 bridgehead atoms. The van der Waals surface area contributed by atoms with E-state index in [1.807, 2.05) is 0 Å². The van der Waals surface area contributed by atoms with E-state index in [1.54, 1.807) is 24.3 Å². The van der Waals surface area contributed by atoms with Crippen molar-refractivity contribution < 1.29 is 4.79 Å². The second-order valence-corrected chi connectivity index (χ2v) is 11.4. The first-order valence-electron chi connectivity index (χ1n) is 12.5. The van der Waals surface area contributed by atoms with Crippen LogP contribution in [0.1, 0.15) is 88.7 Å². The van der Waals surface area contributed by atoms with Crippen LogP contribution in [0, 0.1) is 17.3 Å². The second-order valence-electron chi connectivity index (χ2n) is 10.9. The van der Waals surface area contributed by atoms with Gasteiger partial charge in [-0.2, -0.15) is 0 Å². The first kappa shape index (κ1) is 26.4. The summed E-state index contributed by atoms with van der Waals surface area (Å²) in [6.45, 7) is 16.6. The van der Waals surface area contributed by atoms with Crippen LogP contribution < -0.4 is 10.6 Å². The van der Waals surface area contributed by atoms with E-state index in [2.05, 4.69) is 77.3 Å². The van der Waals surface area contributed by atoms with Gasteiger partial charge in [0.2, 0.25) is 0 Å². The minimum absolute atomic E-state index is 0.147. The summed E-state index contributed by atoms with van der Waals surface area (Å²) in [7, 11) is 0. The zero-order chi connectivity index (χ0) is 25.0. The van der Waals surface area contributed by atoms with Gasteiger partial charge in [0.05, 0.1) is 5.69 Å². The Kier molecular flexibility index (Phi) is 8.59. The van der Waals surface area contributed by atoms with Gasteiger partial charge in [-0.05, 0) is 71.6 Å². The zero-order valence-electron chi connectivity index (χ0n) is 21.7. The number of rotatable bonds is 6. The Labute approximate surface area is 210 Å². The molecule has 4 nitrogen and oxygen atoms in total. The predicted octanol–water partition coefficient (Wildman–Crippen LogP) is 7.49. The molecule has 0 spiro atoms. The summed E-state index contributed by atoms with van der Waals surface area (Å²) in [5.74, 6) is 1.87. The number of halogens is 1. The molecular formula is C29H40ClN3O. The van der Waals surface area contributed by atoms with Gasteiger partial charge in [-0.3, -0.25) is 4.79 Å². The van der Waals surface area contributed by atoms with Crippen LogP contribution in [-0.2, 0) is 6.54 Å². The Hall–Kier alpha value is -2.17. The molecule has 0 aromatic heterocycles. The van der Waals surface area contributed by atoms with E-state index < -0.39 is 0 Å². The van der Waals surface area contributed by atoms with Crippen molar-refractivity contribution in [3.63, 3.8) is 0 Å². The fourth-order valence-electron chi connectivity index (χ4n) is 4.46. The van der Waals surface area contributed by atoms with Gasteiger partial charge < -0.3 is 10.6 Å². The standard InChI is InChI=1S/C29H40ClN3O/c1-8-18(2)25-16-27(33-28(34)22-10-12-23(30)13-11-22)32-26-15-21(9-14-24(26)19(25)3)17-31-20(4)29(5,6)7/h9-15,18-20,25,31H,8,16-17H2,1-7H3,(H,32,33,34). The van der Waals surface area contributed by atoms with E-state index in [9.17, 15) is 4.79 Å². The molecule has 3 rings (SSSR count). The van der Waals surface area contributed by atoms with Crippen LogP contribution in [0.25, 0.3) is 0 Å². The first-order valence-corrected chi connectivity index (χ1v) is 12.9. The van der Waals surface area contributed by atoms with Crippen LogP contribution in [0.2, 0.25) is 5.02 Å². The lowest BCUT2D eigenvalue weighted by molar-refractivity contribution is 0.0975. The number of benzene rings is 2. The van der Waals surface area contributed by atoms with E-state index in [0.29, 0.717) is 34.4 Å². The molecule has 2 aromatic rings. The van der Waals surface area contributed by atoms with Gasteiger partial charge in [0, 0.05) is 29.6 Å². The van der Waals surface area contributed by atoms with Crippen molar-refractivity contribution in [1.82, 2.24) is 10.6 Å². The summed E-state index contributed by atoms with van der Waals surface area (Å²) in [6, 6.07) is 14.0. The van der Waals surface area contributed by atoms with Gasteiger partial charge in [0.15, 0.2) is 0 Å². The van der Waals surface area contributed by atoms with E-state index in [1.165, 1.54) is 11.1 Å². The summed E-state index contributed by atoms with van der Waals surface area (Å²) < 4.78 is 0. The average Bonchev–Trinajstić information content (AvgIpc) is 2.92. The normalized spacial score (nSPS) is 20.1. The Balaban J connectivity index is 1.91. The van der Waals surface area contributed by atoms with Gasteiger partial charge >= 0.3 is 0 Å². The van der Waals surface area contributed by atoms with Crippen molar-refractivity contribution in [2.75, 3.05) is 0 Å². The Morgan fingerprint density at radius 3 is 2.44 bits per heavy atom. The molecule has 1 amide bonds. The van der Waals surface area contributed by atoms with Crippen molar-refractivity contribution in [3.05, 3.63) is 64.2 Å². The lowest BCUT2D eigenvalue weighted by Crippen LogP contribution is -2.37. The van der Waals surface area contributed by atoms with E-state index >= 15 is 0 Å². The minimum Gasteiger partial charge on any atom is -0.310 e. The molecule has 0 saturated carbocycles. The molecule has 1 aliphatic rings. The molecule has 2 N–H and O–H groups in total. The number of aliphatic imine (C=N–C) groups is 1. The third kappa shape index (κ3) is 6.49. The number of carbonyl (C=O) groups excluding carboxylic acids is 1. The minimum atomic E-state index is -0.147. The van der Waals surface area contributed by atoms with E-state index in [-0.39, 0.29) is 11.3 Å². The number of hydrogen-bond acceptors (Lipinski definition) is 3. The third-order valence-corrected chi connectivity index (χ3v) is 7.81. The first-order chi connectivity index (χ1) is 16.0. The van der Waals surface area contributed by atoms with Crippen LogP contribution in [0.4, 0.5) is 5.69 Å². The summed E-state index contributed by atoms with van der Waals surface area (Å²) in [4.78, 5) is 18.0. The summed E-state index contributed by atoms with van der Waals surface area (Å²) in [5.41, 5.74) is 4.21. The van der Waals surface area contributed by atoms with Crippen LogP contribution in [-0.4, -0.2) is 17.8 Å². The quantitative estimate of drug-likeness (QED) is 0.448. The monoisotopic (exact) mass is 481 g/mol. The van der Waals surface area contributed by atoms with Crippen LogP contribution in [0.15, 0.2) is 47.5 Å². The van der Waals surface area contributed by atoms with Crippen molar-refractivity contribution in [2.45, 2.75) is 79.8 Å². The van der Waals surface area contributed by atoms with Gasteiger partial charge in [0.1, 0.15) is 5.84 Å². The molecule has 4 atom stereocenters. The lowest BCUT2D eigenvalue weighted by atomic mass is 9.76. The number of hydrogen-bond donors (Lipinski definition) is 2. The molecule has 5 heteroatoms. The van der Waals surface area contributed by atoms with Crippen LogP contribution >= 0.6 is 11.6 Å². The van der Waals surface area contributed by atoms with Crippen molar-refractivity contribution in [3.8, 4) is 0 Å². The zero-order valence-corrected chi connectivity index (χ0v) is 22.5. The lowest BCUT2D eigenvalue weighted by Gasteiger charge is -2.29. The summed E-state index contributed by atoms with van der Waals surface area (Å²) >= 11 is 6.00. The van der Waals surface area contributed by atoms with Gasteiger partial charge in [-0.25, -0.2) is 4.99 Å². The Bertz CT molecular complexity index is 1020. The molecule has 0 aliphatic carbocycles. The largest absolute Gasteiger partial charge is 0.310 e.